The fraction of sp³-hybridized carbons (Fsp3) is 0.381. The van der Waals surface area contributed by atoms with Gasteiger partial charge in [-0.2, -0.15) is 0 Å². The molecule has 0 spiro atoms. The van der Waals surface area contributed by atoms with Gasteiger partial charge in [-0.3, -0.25) is 4.79 Å². The lowest BCUT2D eigenvalue weighted by atomic mass is 9.68. The molecule has 1 amide bonds. The minimum absolute atomic E-state index is 0.0777. The fourth-order valence-electron chi connectivity index (χ4n) is 4.72. The number of nitrogens with one attached hydrogen (secondary N) is 1. The van der Waals surface area contributed by atoms with Crippen LogP contribution in [-0.2, 0) is 4.79 Å². The Kier molecular flexibility index (Phi) is 2.96. The molecule has 23 heavy (non-hydrogen) atoms. The SMILES string of the molecule is C=C1C(C)(C)[C@@H]2CC[C@]1(C(=O)Nc1cccc3ccccc13)C2. The highest BCUT2D eigenvalue weighted by atomic mass is 16.2. The summed E-state index contributed by atoms with van der Waals surface area (Å²) >= 11 is 0. The third-order valence-corrected chi connectivity index (χ3v) is 6.36. The number of anilines is 1. The van der Waals surface area contributed by atoms with Gasteiger partial charge < -0.3 is 5.32 Å². The van der Waals surface area contributed by atoms with Crippen LogP contribution >= 0.6 is 0 Å². The Morgan fingerprint density at radius 1 is 1.17 bits per heavy atom. The van der Waals surface area contributed by atoms with Crippen LogP contribution in [-0.4, -0.2) is 5.91 Å². The highest BCUT2D eigenvalue weighted by Crippen LogP contribution is 2.65. The molecule has 0 aromatic heterocycles. The second-order valence-corrected chi connectivity index (χ2v) is 7.70. The number of amides is 1. The van der Waals surface area contributed by atoms with Gasteiger partial charge in [0.05, 0.1) is 5.41 Å². The van der Waals surface area contributed by atoms with E-state index in [9.17, 15) is 4.79 Å². The van der Waals surface area contributed by atoms with Gasteiger partial charge in [-0.1, -0.05) is 62.4 Å². The average Bonchev–Trinajstić information content (AvgIpc) is 3.08. The van der Waals surface area contributed by atoms with Crippen LogP contribution in [0.25, 0.3) is 10.8 Å². The van der Waals surface area contributed by atoms with Crippen LogP contribution in [0.4, 0.5) is 5.69 Å². The normalized spacial score (nSPS) is 28.3. The lowest BCUT2D eigenvalue weighted by Crippen LogP contribution is -2.37. The second-order valence-electron chi connectivity index (χ2n) is 7.70. The highest BCUT2D eigenvalue weighted by molar-refractivity contribution is 6.05. The molecule has 0 unspecified atom stereocenters. The number of hydrogen-bond donors (Lipinski definition) is 1. The smallest absolute Gasteiger partial charge is 0.234 e. The van der Waals surface area contributed by atoms with Crippen LogP contribution < -0.4 is 5.32 Å². The lowest BCUT2D eigenvalue weighted by molar-refractivity contribution is -0.123. The molecule has 0 saturated heterocycles. The standard InChI is InChI=1S/C21H23NO/c1-14-20(2,3)16-11-12-21(14,13-16)19(23)22-18-10-6-8-15-7-4-5-9-17(15)18/h4-10,16H,1,11-13H2,2-3H3,(H,22,23)/t16-,21+/m1/s1. The van der Waals surface area contributed by atoms with Crippen molar-refractivity contribution in [3.63, 3.8) is 0 Å². The third kappa shape index (κ3) is 1.90. The molecule has 2 aliphatic rings. The van der Waals surface area contributed by atoms with E-state index in [1.54, 1.807) is 0 Å². The van der Waals surface area contributed by atoms with Crippen molar-refractivity contribution < 1.29 is 4.79 Å². The van der Waals surface area contributed by atoms with Crippen molar-refractivity contribution in [1.82, 2.24) is 0 Å². The Balaban J connectivity index is 1.70. The molecular weight excluding hydrogens is 282 g/mol. The summed E-state index contributed by atoms with van der Waals surface area (Å²) in [5, 5.41) is 5.46. The van der Waals surface area contributed by atoms with E-state index in [-0.39, 0.29) is 16.7 Å². The zero-order valence-corrected chi connectivity index (χ0v) is 13.9. The molecule has 2 fully saturated rings. The van der Waals surface area contributed by atoms with Crippen molar-refractivity contribution in [2.75, 3.05) is 5.32 Å². The first-order valence-corrected chi connectivity index (χ1v) is 8.44. The summed E-state index contributed by atoms with van der Waals surface area (Å²) in [6.45, 7) is 8.81. The third-order valence-electron chi connectivity index (χ3n) is 6.36. The quantitative estimate of drug-likeness (QED) is 0.763. The molecule has 2 saturated carbocycles. The van der Waals surface area contributed by atoms with Gasteiger partial charge in [0.15, 0.2) is 0 Å². The molecule has 2 aromatic carbocycles. The summed E-state index contributed by atoms with van der Waals surface area (Å²) in [7, 11) is 0. The van der Waals surface area contributed by atoms with E-state index in [1.807, 2.05) is 24.3 Å². The Bertz CT molecular complexity index is 814. The molecule has 2 nitrogen and oxygen atoms in total. The van der Waals surface area contributed by atoms with Crippen LogP contribution in [0, 0.1) is 16.7 Å². The maximum absolute atomic E-state index is 13.2. The predicted octanol–water partition coefficient (Wildman–Crippen LogP) is 5.16. The van der Waals surface area contributed by atoms with E-state index >= 15 is 0 Å². The van der Waals surface area contributed by atoms with Gasteiger partial charge in [-0.25, -0.2) is 0 Å². The molecule has 1 N–H and O–H groups in total. The van der Waals surface area contributed by atoms with Crippen LogP contribution in [0.2, 0.25) is 0 Å². The summed E-state index contributed by atoms with van der Waals surface area (Å²) in [5.74, 6) is 0.722. The van der Waals surface area contributed by atoms with Crippen LogP contribution in [0.15, 0.2) is 54.6 Å². The first-order valence-electron chi connectivity index (χ1n) is 8.44. The number of benzene rings is 2. The molecule has 0 heterocycles. The van der Waals surface area contributed by atoms with Gasteiger partial charge in [-0.15, -0.1) is 0 Å². The van der Waals surface area contributed by atoms with Crippen molar-refractivity contribution in [3.05, 3.63) is 54.6 Å². The minimum Gasteiger partial charge on any atom is -0.325 e. The fourth-order valence-corrected chi connectivity index (χ4v) is 4.72. The molecule has 2 aromatic rings. The Labute approximate surface area is 137 Å². The predicted molar refractivity (Wildman–Crippen MR) is 95.3 cm³/mol. The molecule has 118 valence electrons. The van der Waals surface area contributed by atoms with E-state index in [2.05, 4.69) is 43.9 Å². The van der Waals surface area contributed by atoms with Crippen molar-refractivity contribution >= 4 is 22.4 Å². The van der Waals surface area contributed by atoms with Crippen LogP contribution in [0.3, 0.4) is 0 Å². The molecule has 2 heteroatoms. The zero-order chi connectivity index (χ0) is 16.2. The number of hydrogen-bond acceptors (Lipinski definition) is 1. The summed E-state index contributed by atoms with van der Waals surface area (Å²) in [4.78, 5) is 13.2. The Morgan fingerprint density at radius 2 is 1.91 bits per heavy atom. The number of carbonyl (C=O) groups excluding carboxylic acids is 1. The van der Waals surface area contributed by atoms with Gasteiger partial charge >= 0.3 is 0 Å². The van der Waals surface area contributed by atoms with E-state index < -0.39 is 0 Å². The second kappa shape index (κ2) is 4.70. The minimum atomic E-state index is -0.370. The number of carbonyl (C=O) groups is 1. The topological polar surface area (TPSA) is 29.1 Å². The first kappa shape index (κ1) is 14.5. The highest BCUT2D eigenvalue weighted by Gasteiger charge is 2.60. The average molecular weight is 305 g/mol. The summed E-state index contributed by atoms with van der Waals surface area (Å²) in [6, 6.07) is 14.2. The zero-order valence-electron chi connectivity index (χ0n) is 13.9. The monoisotopic (exact) mass is 305 g/mol. The molecule has 2 atom stereocenters. The number of rotatable bonds is 2. The van der Waals surface area contributed by atoms with Crippen LogP contribution in [0.1, 0.15) is 33.1 Å². The van der Waals surface area contributed by atoms with Gasteiger partial charge in [-0.05, 0) is 42.0 Å². The van der Waals surface area contributed by atoms with Crippen molar-refractivity contribution in [3.8, 4) is 0 Å². The van der Waals surface area contributed by atoms with Gasteiger partial charge in [0.2, 0.25) is 5.91 Å². The summed E-state index contributed by atoms with van der Waals surface area (Å²) < 4.78 is 0. The Hall–Kier alpha value is -2.09. The number of fused-ring (bicyclic) bond motifs is 3. The molecule has 0 aliphatic heterocycles. The van der Waals surface area contributed by atoms with Crippen molar-refractivity contribution in [2.45, 2.75) is 33.1 Å². The van der Waals surface area contributed by atoms with Gasteiger partial charge in [0.25, 0.3) is 0 Å². The van der Waals surface area contributed by atoms with E-state index in [0.29, 0.717) is 5.92 Å². The lowest BCUT2D eigenvalue weighted by Gasteiger charge is -2.37. The van der Waals surface area contributed by atoms with E-state index in [1.165, 1.54) is 0 Å². The van der Waals surface area contributed by atoms with E-state index in [4.69, 9.17) is 0 Å². The molecule has 2 aliphatic carbocycles. The van der Waals surface area contributed by atoms with Crippen LogP contribution in [0.5, 0.6) is 0 Å². The van der Waals surface area contributed by atoms with E-state index in [0.717, 1.165) is 41.3 Å². The Morgan fingerprint density at radius 3 is 2.65 bits per heavy atom. The molecule has 2 bridgehead atoms. The van der Waals surface area contributed by atoms with Crippen molar-refractivity contribution in [1.29, 1.82) is 0 Å². The molecule has 4 rings (SSSR count). The maximum Gasteiger partial charge on any atom is 0.234 e. The van der Waals surface area contributed by atoms with Gasteiger partial charge in [0.1, 0.15) is 0 Å². The first-order chi connectivity index (χ1) is 10.9. The van der Waals surface area contributed by atoms with Gasteiger partial charge in [0, 0.05) is 11.1 Å². The molecule has 0 radical (unpaired) electrons. The summed E-state index contributed by atoms with van der Waals surface area (Å²) in [6.07, 6.45) is 3.03. The molecular formula is C21H23NO. The largest absolute Gasteiger partial charge is 0.325 e. The summed E-state index contributed by atoms with van der Waals surface area (Å²) in [5.41, 5.74) is 1.74. The maximum atomic E-state index is 13.2. The van der Waals surface area contributed by atoms with Crippen molar-refractivity contribution in [2.24, 2.45) is 16.7 Å².